The number of hydrogen-bond donors (Lipinski definition) is 1. The van der Waals surface area contributed by atoms with Gasteiger partial charge in [-0.25, -0.2) is 9.97 Å². The molecule has 5 rings (SSSR count). The Hall–Kier alpha value is -5.22. The van der Waals surface area contributed by atoms with Gasteiger partial charge in [-0.15, -0.1) is 0 Å². The summed E-state index contributed by atoms with van der Waals surface area (Å²) in [6.45, 7) is 6.93. The maximum atomic E-state index is 12.6. The smallest absolute Gasteiger partial charge is 0.255 e. The van der Waals surface area contributed by atoms with Gasteiger partial charge in [0.15, 0.2) is 5.65 Å². The number of para-hydroxylation sites is 2. The van der Waals surface area contributed by atoms with Crippen molar-refractivity contribution in [2.45, 2.75) is 0 Å². The minimum atomic E-state index is -0.245. The van der Waals surface area contributed by atoms with E-state index in [0.29, 0.717) is 39.2 Å². The molecule has 0 spiro atoms. The summed E-state index contributed by atoms with van der Waals surface area (Å²) >= 11 is 0. The second kappa shape index (κ2) is 10.8. The Morgan fingerprint density at radius 2 is 1.67 bits per heavy atom. The number of nitrogens with one attached hydrogen (secondary N) is 1. The first-order valence-corrected chi connectivity index (χ1v) is 11.1. The largest absolute Gasteiger partial charge is 0.497 e. The van der Waals surface area contributed by atoms with Gasteiger partial charge >= 0.3 is 0 Å². The lowest BCUT2D eigenvalue weighted by molar-refractivity contribution is 0.102. The highest BCUT2D eigenvalue weighted by molar-refractivity contribution is 6.04. The number of nitrogens with zero attached hydrogens (tertiary/aromatic N) is 4. The van der Waals surface area contributed by atoms with E-state index in [1.54, 1.807) is 66.3 Å². The first-order valence-electron chi connectivity index (χ1n) is 11.1. The van der Waals surface area contributed by atoms with Crippen LogP contribution in [0.3, 0.4) is 0 Å². The predicted octanol–water partition coefficient (Wildman–Crippen LogP) is 6.08. The molecule has 0 unspecified atom stereocenters. The summed E-state index contributed by atoms with van der Waals surface area (Å²) in [6.07, 6.45) is 8.83. The minimum Gasteiger partial charge on any atom is -0.497 e. The fourth-order valence-corrected chi connectivity index (χ4v) is 3.61. The van der Waals surface area contributed by atoms with E-state index in [-0.39, 0.29) is 5.91 Å². The highest BCUT2D eigenvalue weighted by atomic mass is 16.5. The molecule has 0 saturated carbocycles. The summed E-state index contributed by atoms with van der Waals surface area (Å²) < 4.78 is 6.91. The number of benzene rings is 2. The third-order valence-electron chi connectivity index (χ3n) is 5.33. The van der Waals surface area contributed by atoms with E-state index in [9.17, 15) is 10.1 Å². The van der Waals surface area contributed by atoms with Crippen molar-refractivity contribution >= 4 is 39.3 Å². The van der Waals surface area contributed by atoms with Gasteiger partial charge < -0.3 is 10.1 Å². The molecule has 0 aliphatic carbocycles. The van der Waals surface area contributed by atoms with Crippen LogP contribution in [0, 0.1) is 11.3 Å². The second-order valence-electron chi connectivity index (χ2n) is 7.58. The lowest BCUT2D eigenvalue weighted by Gasteiger charge is -2.07. The molecule has 5 aromatic rings. The molecule has 7 nitrogen and oxygen atoms in total. The molecule has 7 heteroatoms. The number of hydrogen-bond acceptors (Lipinski definition) is 5. The van der Waals surface area contributed by atoms with E-state index in [1.165, 1.54) is 0 Å². The van der Waals surface area contributed by atoms with Gasteiger partial charge in [-0.3, -0.25) is 9.20 Å². The number of anilines is 1. The SMILES string of the molecule is C=C/C=C\C=C.COc1ccc(C(=O)Nc2ccc3c(C#N)c4nc5ccccc5nc4n3c2)cc1. The third kappa shape index (κ3) is 4.83. The third-order valence-corrected chi connectivity index (χ3v) is 5.33. The Balaban J connectivity index is 0.000000455. The van der Waals surface area contributed by atoms with Crippen molar-refractivity contribution in [1.29, 1.82) is 5.26 Å². The van der Waals surface area contributed by atoms with Gasteiger partial charge in [0.05, 0.1) is 29.3 Å². The van der Waals surface area contributed by atoms with Crippen molar-refractivity contribution in [3.05, 3.63) is 115 Å². The summed E-state index contributed by atoms with van der Waals surface area (Å²) in [4.78, 5) is 21.9. The van der Waals surface area contributed by atoms with Crippen molar-refractivity contribution in [3.63, 3.8) is 0 Å². The summed E-state index contributed by atoms with van der Waals surface area (Å²) in [6, 6.07) is 20.2. The molecule has 2 aromatic carbocycles. The normalized spacial score (nSPS) is 10.6. The number of nitriles is 1. The Morgan fingerprint density at radius 3 is 2.28 bits per heavy atom. The average Bonchev–Trinajstić information content (AvgIpc) is 3.22. The standard InChI is InChI=1S/C23H15N5O2.C6H8/c1-30-16-9-6-14(7-10-16)23(29)25-15-8-11-20-17(12-24)21-22(28(20)13-15)27-19-5-3-2-4-18(19)26-21;1-3-5-6-4-2/h2-11,13H,1H3,(H,25,29);3-6H,1-2H2/b;6-5-. The second-order valence-corrected chi connectivity index (χ2v) is 7.58. The van der Waals surface area contributed by atoms with Gasteiger partial charge in [-0.1, -0.05) is 49.6 Å². The Bertz CT molecular complexity index is 1650. The van der Waals surface area contributed by atoms with E-state index in [1.807, 2.05) is 36.4 Å². The van der Waals surface area contributed by atoms with Crippen LogP contribution in [-0.2, 0) is 0 Å². The zero-order chi connectivity index (χ0) is 25.5. The molecule has 0 bridgehead atoms. The van der Waals surface area contributed by atoms with E-state index in [0.717, 1.165) is 11.0 Å². The van der Waals surface area contributed by atoms with Crippen LogP contribution in [0.4, 0.5) is 5.69 Å². The van der Waals surface area contributed by atoms with E-state index >= 15 is 0 Å². The van der Waals surface area contributed by atoms with Gasteiger partial charge in [-0.05, 0) is 48.5 Å². The number of fused-ring (bicyclic) bond motifs is 4. The number of rotatable bonds is 5. The van der Waals surface area contributed by atoms with Crippen molar-refractivity contribution in [2.24, 2.45) is 0 Å². The summed E-state index contributed by atoms with van der Waals surface area (Å²) in [5, 5.41) is 12.6. The van der Waals surface area contributed by atoms with E-state index < -0.39 is 0 Å². The van der Waals surface area contributed by atoms with Gasteiger partial charge in [0.2, 0.25) is 0 Å². The van der Waals surface area contributed by atoms with Crippen LogP contribution in [0.15, 0.2) is 104 Å². The molecule has 3 aromatic heterocycles. The van der Waals surface area contributed by atoms with Crippen molar-refractivity contribution in [3.8, 4) is 11.8 Å². The van der Waals surface area contributed by atoms with Crippen molar-refractivity contribution < 1.29 is 9.53 Å². The van der Waals surface area contributed by atoms with E-state index in [4.69, 9.17) is 9.72 Å². The van der Waals surface area contributed by atoms with Crippen LogP contribution in [-0.4, -0.2) is 27.4 Å². The number of methoxy groups -OCH3 is 1. The molecule has 0 saturated heterocycles. The Kier molecular flexibility index (Phi) is 7.18. The highest BCUT2D eigenvalue weighted by Gasteiger charge is 2.16. The molecule has 0 radical (unpaired) electrons. The van der Waals surface area contributed by atoms with Gasteiger partial charge in [0.25, 0.3) is 5.91 Å². The molecule has 1 N–H and O–H groups in total. The molecule has 3 heterocycles. The molecular weight excluding hydrogens is 450 g/mol. The number of amides is 1. The topological polar surface area (TPSA) is 92.3 Å². The van der Waals surface area contributed by atoms with Crippen LogP contribution in [0.25, 0.3) is 27.7 Å². The fourth-order valence-electron chi connectivity index (χ4n) is 3.61. The summed E-state index contributed by atoms with van der Waals surface area (Å²) in [5.74, 6) is 0.437. The summed E-state index contributed by atoms with van der Waals surface area (Å²) in [5.41, 5.74) is 4.81. The van der Waals surface area contributed by atoms with Crippen molar-refractivity contribution in [2.75, 3.05) is 12.4 Å². The number of pyridine rings is 1. The molecule has 0 atom stereocenters. The number of ether oxygens (including phenoxy) is 1. The molecule has 1 amide bonds. The lowest BCUT2D eigenvalue weighted by Crippen LogP contribution is -2.12. The predicted molar refractivity (Wildman–Crippen MR) is 143 cm³/mol. The first kappa shape index (κ1) is 23.9. The number of allylic oxidation sites excluding steroid dienone is 4. The molecule has 0 fully saturated rings. The number of carbonyl (C=O) groups excluding carboxylic acids is 1. The Morgan fingerprint density at radius 1 is 1.00 bits per heavy atom. The highest BCUT2D eigenvalue weighted by Crippen LogP contribution is 2.27. The van der Waals surface area contributed by atoms with Crippen LogP contribution in [0.2, 0.25) is 0 Å². The van der Waals surface area contributed by atoms with Crippen LogP contribution in [0.5, 0.6) is 5.75 Å². The fraction of sp³-hybridized carbons (Fsp3) is 0.0345. The maximum absolute atomic E-state index is 12.6. The maximum Gasteiger partial charge on any atom is 0.255 e. The zero-order valence-electron chi connectivity index (χ0n) is 19.7. The first-order chi connectivity index (χ1) is 17.6. The molecule has 0 aliphatic heterocycles. The van der Waals surface area contributed by atoms with Crippen molar-refractivity contribution in [1.82, 2.24) is 14.4 Å². The van der Waals surface area contributed by atoms with E-state index in [2.05, 4.69) is 29.5 Å². The lowest BCUT2D eigenvalue weighted by atomic mass is 10.2. The number of aromatic nitrogens is 3. The zero-order valence-corrected chi connectivity index (χ0v) is 19.7. The van der Waals surface area contributed by atoms with Crippen LogP contribution < -0.4 is 10.1 Å². The minimum absolute atomic E-state index is 0.245. The molecule has 176 valence electrons. The van der Waals surface area contributed by atoms with Crippen LogP contribution in [0.1, 0.15) is 15.9 Å². The molecule has 36 heavy (non-hydrogen) atoms. The average molecular weight is 474 g/mol. The molecule has 0 aliphatic rings. The monoisotopic (exact) mass is 473 g/mol. The van der Waals surface area contributed by atoms with Gasteiger partial charge in [0.1, 0.15) is 22.9 Å². The van der Waals surface area contributed by atoms with Crippen LogP contribution >= 0.6 is 0 Å². The van der Waals surface area contributed by atoms with Gasteiger partial charge in [-0.2, -0.15) is 5.26 Å². The van der Waals surface area contributed by atoms with Gasteiger partial charge in [0, 0.05) is 11.8 Å². The number of carbonyl (C=O) groups is 1. The summed E-state index contributed by atoms with van der Waals surface area (Å²) in [7, 11) is 1.58. The quantitative estimate of drug-likeness (QED) is 0.312. The molecular formula is C29H23N5O2. The Labute approximate surface area is 208 Å².